The fraction of sp³-hybridized carbons (Fsp3) is 0.300. The number of phenolic OH excluding ortho intramolecular Hbond substituents is 1. The standard InChI is InChI=1S/C20H24N4O2.HI/c1-2-21-20(24-14-11-15-5-3-4-6-18(15)24)23-13-12-22-19(26)16-7-9-17(25)10-8-16;/h3-10,25H,2,11-14H2,1H3,(H,21,23)(H,22,26);1H. The lowest BCUT2D eigenvalue weighted by atomic mass is 10.2. The van der Waals surface area contributed by atoms with Gasteiger partial charge in [0.05, 0.1) is 6.54 Å². The molecule has 0 spiro atoms. The van der Waals surface area contributed by atoms with E-state index >= 15 is 0 Å². The van der Waals surface area contributed by atoms with Crippen LogP contribution in [0.1, 0.15) is 22.8 Å². The fourth-order valence-electron chi connectivity index (χ4n) is 3.00. The number of nitrogens with one attached hydrogen (secondary N) is 2. The van der Waals surface area contributed by atoms with Crippen LogP contribution in [0.15, 0.2) is 53.5 Å². The van der Waals surface area contributed by atoms with Crippen molar-refractivity contribution < 1.29 is 9.90 Å². The molecule has 1 aliphatic heterocycles. The summed E-state index contributed by atoms with van der Waals surface area (Å²) in [5.74, 6) is 0.820. The average Bonchev–Trinajstić information content (AvgIpc) is 3.08. The van der Waals surface area contributed by atoms with E-state index in [9.17, 15) is 9.90 Å². The number of fused-ring (bicyclic) bond motifs is 1. The van der Waals surface area contributed by atoms with Crippen LogP contribution in [0.2, 0.25) is 0 Å². The molecule has 3 rings (SSSR count). The Morgan fingerprint density at radius 3 is 2.63 bits per heavy atom. The Hall–Kier alpha value is -2.29. The minimum atomic E-state index is -0.170. The van der Waals surface area contributed by atoms with Gasteiger partial charge in [-0.3, -0.25) is 9.79 Å². The highest BCUT2D eigenvalue weighted by molar-refractivity contribution is 14.0. The van der Waals surface area contributed by atoms with Gasteiger partial charge in [-0.2, -0.15) is 0 Å². The van der Waals surface area contributed by atoms with Crippen LogP contribution in [0, 0.1) is 0 Å². The molecule has 6 nitrogen and oxygen atoms in total. The van der Waals surface area contributed by atoms with Crippen LogP contribution < -0.4 is 15.5 Å². The van der Waals surface area contributed by atoms with Crippen LogP contribution in [-0.4, -0.2) is 43.2 Å². The van der Waals surface area contributed by atoms with E-state index in [1.54, 1.807) is 12.1 Å². The van der Waals surface area contributed by atoms with Gasteiger partial charge in [-0.25, -0.2) is 0 Å². The molecule has 0 atom stereocenters. The number of hydrogen-bond donors (Lipinski definition) is 3. The number of nitrogens with zero attached hydrogens (tertiary/aromatic N) is 2. The number of carbonyl (C=O) groups excluding carboxylic acids is 1. The third-order valence-corrected chi connectivity index (χ3v) is 4.27. The number of anilines is 1. The summed E-state index contributed by atoms with van der Waals surface area (Å²) < 4.78 is 0. The lowest BCUT2D eigenvalue weighted by Gasteiger charge is -2.22. The van der Waals surface area contributed by atoms with Crippen LogP contribution in [0.25, 0.3) is 0 Å². The minimum Gasteiger partial charge on any atom is -0.508 e. The first-order valence-corrected chi connectivity index (χ1v) is 8.90. The summed E-state index contributed by atoms with van der Waals surface area (Å²) in [4.78, 5) is 18.9. The van der Waals surface area contributed by atoms with E-state index in [1.165, 1.54) is 23.4 Å². The third kappa shape index (κ3) is 5.35. The number of amides is 1. The lowest BCUT2D eigenvalue weighted by molar-refractivity contribution is 0.0955. The molecule has 0 aromatic heterocycles. The number of guanidine groups is 1. The van der Waals surface area contributed by atoms with Gasteiger partial charge >= 0.3 is 0 Å². The Bertz CT molecular complexity index is 793. The lowest BCUT2D eigenvalue weighted by Crippen LogP contribution is -2.41. The molecular formula is C20H25IN4O2. The fourth-order valence-corrected chi connectivity index (χ4v) is 3.00. The van der Waals surface area contributed by atoms with Crippen molar-refractivity contribution in [1.82, 2.24) is 10.6 Å². The topological polar surface area (TPSA) is 77.0 Å². The third-order valence-electron chi connectivity index (χ3n) is 4.27. The average molecular weight is 480 g/mol. The highest BCUT2D eigenvalue weighted by atomic mass is 127. The monoisotopic (exact) mass is 480 g/mol. The van der Waals surface area contributed by atoms with Crippen LogP contribution in [0.3, 0.4) is 0 Å². The Morgan fingerprint density at radius 1 is 1.15 bits per heavy atom. The molecule has 1 heterocycles. The normalized spacial score (nSPS) is 12.9. The van der Waals surface area contributed by atoms with Crippen molar-refractivity contribution in [2.24, 2.45) is 4.99 Å². The smallest absolute Gasteiger partial charge is 0.251 e. The van der Waals surface area contributed by atoms with Gasteiger partial charge in [0, 0.05) is 30.9 Å². The SMILES string of the molecule is CCNC(=NCCNC(=O)c1ccc(O)cc1)N1CCc2ccccc21.I. The molecule has 0 fully saturated rings. The van der Waals surface area contributed by atoms with Crippen molar-refractivity contribution in [3.63, 3.8) is 0 Å². The first-order chi connectivity index (χ1) is 12.7. The summed E-state index contributed by atoms with van der Waals surface area (Å²) in [5, 5.41) is 15.5. The number of aliphatic imine (C=N–C) groups is 1. The van der Waals surface area contributed by atoms with E-state index in [4.69, 9.17) is 0 Å². The van der Waals surface area contributed by atoms with Gasteiger partial charge in [0.15, 0.2) is 5.96 Å². The van der Waals surface area contributed by atoms with E-state index in [0.29, 0.717) is 18.7 Å². The van der Waals surface area contributed by atoms with Gasteiger partial charge in [0.25, 0.3) is 5.91 Å². The van der Waals surface area contributed by atoms with Gasteiger partial charge in [-0.05, 0) is 49.2 Å². The molecule has 0 bridgehead atoms. The highest BCUT2D eigenvalue weighted by Crippen LogP contribution is 2.27. The van der Waals surface area contributed by atoms with Crippen molar-refractivity contribution >= 4 is 41.5 Å². The zero-order valence-corrected chi connectivity index (χ0v) is 17.6. The summed E-state index contributed by atoms with van der Waals surface area (Å²) in [6.07, 6.45) is 1.01. The van der Waals surface area contributed by atoms with Gasteiger partial charge in [-0.1, -0.05) is 18.2 Å². The van der Waals surface area contributed by atoms with Crippen molar-refractivity contribution in [2.45, 2.75) is 13.3 Å². The number of aromatic hydroxyl groups is 1. The minimum absolute atomic E-state index is 0. The maximum atomic E-state index is 12.1. The maximum absolute atomic E-state index is 12.1. The summed E-state index contributed by atoms with van der Waals surface area (Å²) in [6, 6.07) is 14.6. The van der Waals surface area contributed by atoms with Crippen molar-refractivity contribution in [2.75, 3.05) is 31.1 Å². The molecule has 2 aromatic carbocycles. The molecule has 7 heteroatoms. The van der Waals surface area contributed by atoms with E-state index in [1.807, 2.05) is 13.0 Å². The van der Waals surface area contributed by atoms with E-state index in [0.717, 1.165) is 25.5 Å². The maximum Gasteiger partial charge on any atom is 0.251 e. The summed E-state index contributed by atoms with van der Waals surface area (Å²) in [5.41, 5.74) is 3.05. The molecule has 2 aromatic rings. The summed E-state index contributed by atoms with van der Waals surface area (Å²) in [7, 11) is 0. The molecule has 0 saturated carbocycles. The summed E-state index contributed by atoms with van der Waals surface area (Å²) >= 11 is 0. The van der Waals surface area contributed by atoms with Gasteiger partial charge < -0.3 is 20.6 Å². The predicted octanol–water partition coefficient (Wildman–Crippen LogP) is 2.77. The molecule has 0 saturated heterocycles. The molecule has 3 N–H and O–H groups in total. The molecule has 27 heavy (non-hydrogen) atoms. The number of rotatable bonds is 5. The second kappa shape index (κ2) is 10.1. The highest BCUT2D eigenvalue weighted by Gasteiger charge is 2.22. The summed E-state index contributed by atoms with van der Waals surface area (Å²) in [6.45, 7) is 4.68. The largest absolute Gasteiger partial charge is 0.508 e. The van der Waals surface area contributed by atoms with Crippen LogP contribution in [-0.2, 0) is 6.42 Å². The Morgan fingerprint density at radius 2 is 1.89 bits per heavy atom. The zero-order chi connectivity index (χ0) is 18.4. The van der Waals surface area contributed by atoms with Gasteiger partial charge in [-0.15, -0.1) is 24.0 Å². The number of carbonyl (C=O) groups is 1. The van der Waals surface area contributed by atoms with Crippen molar-refractivity contribution in [3.8, 4) is 5.75 Å². The molecule has 0 radical (unpaired) electrons. The number of para-hydroxylation sites is 1. The number of halogens is 1. The first-order valence-electron chi connectivity index (χ1n) is 8.90. The molecule has 144 valence electrons. The Kier molecular flexibility index (Phi) is 7.90. The zero-order valence-electron chi connectivity index (χ0n) is 15.3. The molecule has 0 unspecified atom stereocenters. The van der Waals surface area contributed by atoms with Gasteiger partial charge in [0.2, 0.25) is 0 Å². The Balaban J connectivity index is 0.00000261. The molecule has 1 aliphatic rings. The van der Waals surface area contributed by atoms with Crippen LogP contribution in [0.4, 0.5) is 5.69 Å². The predicted molar refractivity (Wildman–Crippen MR) is 119 cm³/mol. The van der Waals surface area contributed by atoms with Crippen LogP contribution >= 0.6 is 24.0 Å². The number of hydrogen-bond acceptors (Lipinski definition) is 3. The first kappa shape index (κ1) is 21.0. The van der Waals surface area contributed by atoms with E-state index in [2.05, 4.69) is 38.7 Å². The van der Waals surface area contributed by atoms with E-state index < -0.39 is 0 Å². The second-order valence-corrected chi connectivity index (χ2v) is 6.07. The number of benzene rings is 2. The quantitative estimate of drug-likeness (QED) is 0.266. The number of phenols is 1. The van der Waals surface area contributed by atoms with Crippen LogP contribution in [0.5, 0.6) is 5.75 Å². The van der Waals surface area contributed by atoms with Crippen molar-refractivity contribution in [3.05, 3.63) is 59.7 Å². The van der Waals surface area contributed by atoms with Crippen molar-refractivity contribution in [1.29, 1.82) is 0 Å². The molecule has 0 aliphatic carbocycles. The van der Waals surface area contributed by atoms with Gasteiger partial charge in [0.1, 0.15) is 5.75 Å². The molecular weight excluding hydrogens is 455 g/mol. The van der Waals surface area contributed by atoms with E-state index in [-0.39, 0.29) is 35.6 Å². The molecule has 1 amide bonds. The Labute approximate surface area is 176 Å². The second-order valence-electron chi connectivity index (χ2n) is 6.07.